The van der Waals surface area contributed by atoms with Crippen molar-refractivity contribution in [2.45, 2.75) is 96.7 Å². The fraction of sp³-hybridized carbons (Fsp3) is 0.618. The van der Waals surface area contributed by atoms with Gasteiger partial charge in [0.2, 0.25) is 11.8 Å². The molecule has 3 amide bonds. The Morgan fingerprint density at radius 1 is 0.886 bits per heavy atom. The Bertz CT molecular complexity index is 1240. The van der Waals surface area contributed by atoms with Gasteiger partial charge in [-0.2, -0.15) is 5.10 Å². The molecule has 2 fully saturated rings. The maximum absolute atomic E-state index is 13.7. The number of likely N-dealkylation sites (N-methyl/N-ethyl adjacent to an activating group) is 1. The minimum absolute atomic E-state index is 0.0387. The molecule has 44 heavy (non-hydrogen) atoms. The van der Waals surface area contributed by atoms with Crippen LogP contribution in [0.3, 0.4) is 0 Å². The van der Waals surface area contributed by atoms with Gasteiger partial charge in [0, 0.05) is 58.2 Å². The summed E-state index contributed by atoms with van der Waals surface area (Å²) in [5, 5.41) is 10.2. The first-order valence-electron chi connectivity index (χ1n) is 16.5. The van der Waals surface area contributed by atoms with Gasteiger partial charge in [-0.25, -0.2) is 0 Å². The molecule has 0 spiro atoms. The number of aromatic nitrogens is 2. The van der Waals surface area contributed by atoms with Crippen molar-refractivity contribution in [2.24, 2.45) is 5.92 Å². The van der Waals surface area contributed by atoms with E-state index in [0.29, 0.717) is 51.0 Å². The number of nitrogens with zero attached hydrogens (tertiary/aromatic N) is 4. The highest BCUT2D eigenvalue weighted by Gasteiger charge is 2.31. The topological polar surface area (TPSA) is 117 Å². The molecule has 1 aromatic heterocycles. The van der Waals surface area contributed by atoms with Crippen molar-refractivity contribution >= 4 is 23.5 Å². The highest BCUT2D eigenvalue weighted by atomic mass is 16.2. The number of carbonyl (C=O) groups is 4. The maximum atomic E-state index is 13.7. The Hall–Kier alpha value is -3.53. The van der Waals surface area contributed by atoms with Gasteiger partial charge in [-0.05, 0) is 56.3 Å². The van der Waals surface area contributed by atoms with Crippen molar-refractivity contribution in [3.8, 4) is 0 Å². The summed E-state index contributed by atoms with van der Waals surface area (Å²) < 4.78 is 1.66. The van der Waals surface area contributed by atoms with Crippen LogP contribution in [0.25, 0.3) is 0 Å². The van der Waals surface area contributed by atoms with Crippen LogP contribution < -0.4 is 10.6 Å². The largest absolute Gasteiger partial charge is 0.344 e. The van der Waals surface area contributed by atoms with E-state index in [1.54, 1.807) is 23.9 Å². The number of nitrogens with one attached hydrogen (secondary N) is 2. The molecule has 1 aliphatic heterocycles. The van der Waals surface area contributed by atoms with E-state index in [2.05, 4.69) is 20.6 Å². The van der Waals surface area contributed by atoms with Crippen LogP contribution in [0.5, 0.6) is 0 Å². The average molecular weight is 607 g/mol. The summed E-state index contributed by atoms with van der Waals surface area (Å²) in [4.78, 5) is 56.5. The number of hydrogen-bond donors (Lipinski definition) is 2. The summed E-state index contributed by atoms with van der Waals surface area (Å²) in [5.74, 6) is -0.211. The van der Waals surface area contributed by atoms with Crippen LogP contribution in [0.4, 0.5) is 0 Å². The number of hydrogen-bond acceptors (Lipinski definition) is 6. The zero-order valence-electron chi connectivity index (χ0n) is 26.7. The van der Waals surface area contributed by atoms with E-state index in [4.69, 9.17) is 0 Å². The van der Waals surface area contributed by atoms with E-state index < -0.39 is 12.1 Å². The lowest BCUT2D eigenvalue weighted by molar-refractivity contribution is -0.137. The maximum Gasteiger partial charge on any atom is 0.270 e. The third-order valence-electron chi connectivity index (χ3n) is 9.15. The normalized spacial score (nSPS) is 17.8. The number of ketones is 1. The molecule has 2 atom stereocenters. The fourth-order valence-corrected chi connectivity index (χ4v) is 6.34. The predicted octanol–water partition coefficient (Wildman–Crippen LogP) is 3.39. The van der Waals surface area contributed by atoms with Gasteiger partial charge in [0.1, 0.15) is 11.7 Å². The van der Waals surface area contributed by atoms with Crippen LogP contribution in [0.1, 0.15) is 86.8 Å². The van der Waals surface area contributed by atoms with Gasteiger partial charge in [-0.1, -0.05) is 56.9 Å². The Labute approximate surface area is 261 Å². The molecule has 1 saturated carbocycles. The smallest absolute Gasteiger partial charge is 0.270 e. The molecular weight excluding hydrogens is 556 g/mol. The van der Waals surface area contributed by atoms with Gasteiger partial charge < -0.3 is 20.4 Å². The second-order valence-electron chi connectivity index (χ2n) is 12.3. The summed E-state index contributed by atoms with van der Waals surface area (Å²) in [6.45, 7) is 7.27. The number of carbonyl (C=O) groups excluding carboxylic acids is 4. The Balaban J connectivity index is 1.39. The number of piperazine rings is 1. The lowest BCUT2D eigenvalue weighted by Crippen LogP contribution is -2.54. The van der Waals surface area contributed by atoms with Crippen molar-refractivity contribution in [1.29, 1.82) is 0 Å². The lowest BCUT2D eigenvalue weighted by Gasteiger charge is -2.34. The molecule has 10 nitrogen and oxygen atoms in total. The molecular formula is C34H50N6O4. The van der Waals surface area contributed by atoms with Crippen molar-refractivity contribution in [2.75, 3.05) is 33.2 Å². The summed E-state index contributed by atoms with van der Waals surface area (Å²) in [6.07, 6.45) is 9.66. The highest BCUT2D eigenvalue weighted by Crippen LogP contribution is 2.27. The summed E-state index contributed by atoms with van der Waals surface area (Å²) in [6, 6.07) is 8.56. The zero-order chi connectivity index (χ0) is 31.5. The van der Waals surface area contributed by atoms with Gasteiger partial charge in [0.15, 0.2) is 5.78 Å². The van der Waals surface area contributed by atoms with E-state index in [9.17, 15) is 19.2 Å². The van der Waals surface area contributed by atoms with Crippen molar-refractivity contribution < 1.29 is 19.2 Å². The standard InChI is InChI=1S/C34H50N6O4/c1-4-31(42)36-28(34(44)39-22-20-38(3)21-23-39)24-26-14-12-25(13-15-26)16-17-30(41)32(27-10-8-6-7-9-11-27)37-33(43)29-18-19-35-40(29)5-2/h12-15,18-19,27-28,32H,4-11,16-17,20-24H2,1-3H3,(H,36,42)(H,37,43)/t28-,32+/m1/s1. The third-order valence-corrected chi connectivity index (χ3v) is 9.15. The molecule has 0 radical (unpaired) electrons. The van der Waals surface area contributed by atoms with E-state index >= 15 is 0 Å². The Morgan fingerprint density at radius 3 is 2.18 bits per heavy atom. The molecule has 0 bridgehead atoms. The lowest BCUT2D eigenvalue weighted by atomic mass is 9.87. The molecule has 2 heterocycles. The number of aryl methyl sites for hydroxylation is 2. The molecule has 1 aliphatic carbocycles. The molecule has 1 aromatic carbocycles. The monoisotopic (exact) mass is 606 g/mol. The Kier molecular flexibility index (Phi) is 12.5. The van der Waals surface area contributed by atoms with Crippen LogP contribution in [0.2, 0.25) is 0 Å². The molecule has 2 aliphatic rings. The van der Waals surface area contributed by atoms with E-state index in [1.807, 2.05) is 43.1 Å². The van der Waals surface area contributed by atoms with E-state index in [0.717, 1.165) is 49.9 Å². The molecule has 1 saturated heterocycles. The summed E-state index contributed by atoms with van der Waals surface area (Å²) >= 11 is 0. The van der Waals surface area contributed by atoms with Crippen LogP contribution in [-0.4, -0.2) is 88.4 Å². The number of rotatable bonds is 13. The highest BCUT2D eigenvalue weighted by molar-refractivity contribution is 5.97. The number of benzene rings is 1. The Morgan fingerprint density at radius 2 is 1.55 bits per heavy atom. The second kappa shape index (κ2) is 16.5. The van der Waals surface area contributed by atoms with Gasteiger partial charge in [0.25, 0.3) is 5.91 Å². The van der Waals surface area contributed by atoms with Crippen LogP contribution in [0, 0.1) is 5.92 Å². The van der Waals surface area contributed by atoms with E-state index in [1.165, 1.54) is 12.8 Å². The van der Waals surface area contributed by atoms with Crippen LogP contribution >= 0.6 is 0 Å². The molecule has 2 aromatic rings. The van der Waals surface area contributed by atoms with Crippen molar-refractivity contribution in [1.82, 2.24) is 30.2 Å². The van der Waals surface area contributed by atoms with Gasteiger partial charge >= 0.3 is 0 Å². The first kappa shape index (κ1) is 33.4. The fourth-order valence-electron chi connectivity index (χ4n) is 6.34. The first-order chi connectivity index (χ1) is 21.3. The zero-order valence-corrected chi connectivity index (χ0v) is 26.7. The molecule has 4 rings (SSSR count). The van der Waals surface area contributed by atoms with Crippen molar-refractivity contribution in [3.63, 3.8) is 0 Å². The molecule has 240 valence electrons. The van der Waals surface area contributed by atoms with Gasteiger partial charge in [-0.15, -0.1) is 0 Å². The van der Waals surface area contributed by atoms with Crippen LogP contribution in [-0.2, 0) is 33.8 Å². The summed E-state index contributed by atoms with van der Waals surface area (Å²) in [5.41, 5.74) is 2.46. The molecule has 2 N–H and O–H groups in total. The molecule has 10 heteroatoms. The number of amides is 3. The van der Waals surface area contributed by atoms with Gasteiger partial charge in [-0.3, -0.25) is 23.9 Å². The van der Waals surface area contributed by atoms with Gasteiger partial charge in [0.05, 0.1) is 6.04 Å². The third kappa shape index (κ3) is 9.24. The average Bonchev–Trinajstić information content (AvgIpc) is 3.37. The van der Waals surface area contributed by atoms with Crippen LogP contribution in [0.15, 0.2) is 36.5 Å². The minimum Gasteiger partial charge on any atom is -0.344 e. The predicted molar refractivity (Wildman–Crippen MR) is 170 cm³/mol. The molecule has 0 unspecified atom stereocenters. The quantitative estimate of drug-likeness (QED) is 0.338. The van der Waals surface area contributed by atoms with Crippen molar-refractivity contribution in [3.05, 3.63) is 53.3 Å². The second-order valence-corrected chi connectivity index (χ2v) is 12.3. The summed E-state index contributed by atoms with van der Waals surface area (Å²) in [7, 11) is 2.05. The van der Waals surface area contributed by atoms with E-state index in [-0.39, 0.29) is 29.4 Å². The minimum atomic E-state index is -0.605. The number of Topliss-reactive ketones (excluding diaryl/α,β-unsaturated/α-hetero) is 1. The SMILES string of the molecule is CCC(=O)N[C@H](Cc1ccc(CCC(=O)[C@@H](NC(=O)c2ccnn2CC)C2CCCCCC2)cc1)C(=O)N1CCN(C)CC1. The first-order valence-corrected chi connectivity index (χ1v) is 16.5.